The number of hydrogen-bond donors (Lipinski definition) is 2. The summed E-state index contributed by atoms with van der Waals surface area (Å²) in [4.78, 5) is 13.2. The van der Waals surface area contributed by atoms with Crippen molar-refractivity contribution in [2.45, 2.75) is 12.5 Å². The molecule has 0 bridgehead atoms. The van der Waals surface area contributed by atoms with Crippen LogP contribution in [0.4, 0.5) is 11.8 Å². The molecule has 3 heterocycles. The highest BCUT2D eigenvalue weighted by molar-refractivity contribution is 6.41. The van der Waals surface area contributed by atoms with E-state index in [0.29, 0.717) is 57.3 Å². The van der Waals surface area contributed by atoms with Crippen LogP contribution in [-0.2, 0) is 4.74 Å². The number of methoxy groups -OCH3 is 2. The number of pyridine rings is 1. The molecule has 0 saturated carbocycles. The fourth-order valence-electron chi connectivity index (χ4n) is 3.23. The van der Waals surface area contributed by atoms with Crippen LogP contribution in [0.2, 0.25) is 10.0 Å². The number of nitrogens with one attached hydrogen (secondary N) is 1. The molecule has 1 aromatic carbocycles. The zero-order chi connectivity index (χ0) is 20.5. The maximum atomic E-state index is 6.58. The predicted molar refractivity (Wildman–Crippen MR) is 113 cm³/mol. The molecule has 3 N–H and O–H groups in total. The van der Waals surface area contributed by atoms with Gasteiger partial charge in [0.15, 0.2) is 5.82 Å². The lowest BCUT2D eigenvalue weighted by molar-refractivity contribution is 0.195. The van der Waals surface area contributed by atoms with Crippen molar-refractivity contribution in [2.24, 2.45) is 0 Å². The third-order valence-corrected chi connectivity index (χ3v) is 5.44. The Kier molecular flexibility index (Phi) is 5.49. The highest BCUT2D eigenvalue weighted by Crippen LogP contribution is 2.46. The Morgan fingerprint density at radius 3 is 2.48 bits per heavy atom. The molecular weight excluding hydrogens is 417 g/mol. The van der Waals surface area contributed by atoms with Crippen molar-refractivity contribution in [1.29, 1.82) is 0 Å². The number of benzene rings is 1. The fraction of sp³-hybridized carbons (Fsp3) is 0.316. The molecule has 10 heteroatoms. The molecule has 1 fully saturated rings. The van der Waals surface area contributed by atoms with Crippen molar-refractivity contribution < 1.29 is 14.2 Å². The average molecular weight is 436 g/mol. The van der Waals surface area contributed by atoms with Crippen LogP contribution in [0.3, 0.4) is 0 Å². The number of nitrogen functional groups attached to an aromatic ring is 1. The van der Waals surface area contributed by atoms with Gasteiger partial charge in [-0.2, -0.15) is 0 Å². The zero-order valence-electron chi connectivity index (χ0n) is 15.8. The molecule has 4 rings (SSSR count). The minimum atomic E-state index is 0.114. The van der Waals surface area contributed by atoms with Crippen LogP contribution in [0.1, 0.15) is 6.42 Å². The summed E-state index contributed by atoms with van der Waals surface area (Å²) in [6.45, 7) is 1.28. The van der Waals surface area contributed by atoms with Crippen LogP contribution in [0, 0.1) is 0 Å². The van der Waals surface area contributed by atoms with Crippen molar-refractivity contribution in [1.82, 2.24) is 15.0 Å². The monoisotopic (exact) mass is 435 g/mol. The highest BCUT2D eigenvalue weighted by atomic mass is 35.5. The predicted octanol–water partition coefficient (Wildman–Crippen LogP) is 3.80. The van der Waals surface area contributed by atoms with E-state index in [4.69, 9.17) is 48.1 Å². The number of rotatable bonds is 5. The number of aromatic nitrogens is 3. The number of halogens is 2. The van der Waals surface area contributed by atoms with Gasteiger partial charge in [-0.3, -0.25) is 0 Å². The van der Waals surface area contributed by atoms with E-state index in [0.717, 1.165) is 11.8 Å². The number of nitrogens with two attached hydrogens (primary N) is 1. The smallest absolute Gasteiger partial charge is 0.220 e. The Bertz CT molecular complexity index is 1050. The molecule has 29 heavy (non-hydrogen) atoms. The molecule has 1 aliphatic heterocycles. The lowest BCUT2D eigenvalue weighted by atomic mass is 10.1. The van der Waals surface area contributed by atoms with Crippen LogP contribution < -0.4 is 20.5 Å². The van der Waals surface area contributed by atoms with Crippen LogP contribution in [-0.4, -0.2) is 48.4 Å². The van der Waals surface area contributed by atoms with E-state index in [9.17, 15) is 0 Å². The van der Waals surface area contributed by atoms with Crippen LogP contribution in [0.5, 0.6) is 11.5 Å². The van der Waals surface area contributed by atoms with Crippen LogP contribution in [0.25, 0.3) is 22.2 Å². The third-order valence-electron chi connectivity index (χ3n) is 4.68. The molecule has 1 saturated heterocycles. The number of hydrogen-bond acceptors (Lipinski definition) is 8. The van der Waals surface area contributed by atoms with Gasteiger partial charge in [0.1, 0.15) is 17.0 Å². The summed E-state index contributed by atoms with van der Waals surface area (Å²) in [5.74, 6) is 1.57. The SMILES string of the molecule is COc1cc(OC)c(Cl)c(-c2cc3cnc(N)nc3c(NC3CCOC3)n2)c1Cl. The first-order chi connectivity index (χ1) is 14.0. The Hall–Kier alpha value is -2.55. The first-order valence-corrected chi connectivity index (χ1v) is 9.65. The summed E-state index contributed by atoms with van der Waals surface area (Å²) in [5.41, 5.74) is 7.42. The minimum Gasteiger partial charge on any atom is -0.495 e. The van der Waals surface area contributed by atoms with E-state index in [1.165, 1.54) is 14.2 Å². The van der Waals surface area contributed by atoms with Crippen LogP contribution >= 0.6 is 23.2 Å². The van der Waals surface area contributed by atoms with E-state index in [-0.39, 0.29) is 12.0 Å². The lowest BCUT2D eigenvalue weighted by Gasteiger charge is -2.17. The summed E-state index contributed by atoms with van der Waals surface area (Å²) in [5, 5.41) is 4.78. The molecule has 0 radical (unpaired) electrons. The molecule has 152 valence electrons. The summed E-state index contributed by atoms with van der Waals surface area (Å²) in [6.07, 6.45) is 2.50. The second kappa shape index (κ2) is 8.06. The van der Waals surface area contributed by atoms with E-state index in [1.54, 1.807) is 18.3 Å². The van der Waals surface area contributed by atoms with Gasteiger partial charge in [-0.15, -0.1) is 0 Å². The van der Waals surface area contributed by atoms with E-state index in [2.05, 4.69) is 15.3 Å². The maximum absolute atomic E-state index is 6.58. The third kappa shape index (κ3) is 3.71. The van der Waals surface area contributed by atoms with E-state index >= 15 is 0 Å². The quantitative estimate of drug-likeness (QED) is 0.623. The molecule has 1 unspecified atom stereocenters. The topological polar surface area (TPSA) is 104 Å². The van der Waals surface area contributed by atoms with Crippen molar-refractivity contribution in [3.8, 4) is 22.8 Å². The normalized spacial score (nSPS) is 16.2. The van der Waals surface area contributed by atoms with Crippen LogP contribution in [0.15, 0.2) is 18.3 Å². The minimum absolute atomic E-state index is 0.114. The van der Waals surface area contributed by atoms with Crippen molar-refractivity contribution in [3.63, 3.8) is 0 Å². The van der Waals surface area contributed by atoms with Gasteiger partial charge in [-0.25, -0.2) is 15.0 Å². The molecule has 1 atom stereocenters. The zero-order valence-corrected chi connectivity index (χ0v) is 17.3. The molecule has 0 spiro atoms. The molecular formula is C19H19Cl2N5O3. The molecule has 0 aliphatic carbocycles. The second-order valence-electron chi connectivity index (χ2n) is 6.51. The van der Waals surface area contributed by atoms with Crippen molar-refractivity contribution >= 4 is 45.9 Å². The number of ether oxygens (including phenoxy) is 3. The van der Waals surface area contributed by atoms with Gasteiger partial charge < -0.3 is 25.3 Å². The Labute approximate surface area is 177 Å². The Balaban J connectivity index is 1.94. The molecule has 3 aromatic rings. The van der Waals surface area contributed by atoms with Gasteiger partial charge in [0.05, 0.1) is 42.6 Å². The summed E-state index contributed by atoms with van der Waals surface area (Å²) < 4.78 is 16.2. The van der Waals surface area contributed by atoms with Gasteiger partial charge in [0.25, 0.3) is 0 Å². The lowest BCUT2D eigenvalue weighted by Crippen LogP contribution is -2.20. The standard InChI is InChI=1S/C19H19Cl2N5O3/c1-27-12-6-13(28-2)16(21)14(15(12)20)11-5-9-7-23-19(22)26-17(9)18(25-11)24-10-3-4-29-8-10/h5-7,10H,3-4,8H2,1-2H3,(H,24,25)(H2,22,23,26). The second-order valence-corrected chi connectivity index (χ2v) is 7.27. The maximum Gasteiger partial charge on any atom is 0.220 e. The van der Waals surface area contributed by atoms with E-state index in [1.807, 2.05) is 0 Å². The van der Waals surface area contributed by atoms with Crippen molar-refractivity contribution in [2.75, 3.05) is 38.5 Å². The fourth-order valence-corrected chi connectivity index (χ4v) is 3.93. The van der Waals surface area contributed by atoms with Gasteiger partial charge in [-0.1, -0.05) is 23.2 Å². The molecule has 2 aromatic heterocycles. The molecule has 1 aliphatic rings. The Morgan fingerprint density at radius 2 is 1.86 bits per heavy atom. The summed E-state index contributed by atoms with van der Waals surface area (Å²) >= 11 is 13.2. The average Bonchev–Trinajstić information content (AvgIpc) is 3.22. The van der Waals surface area contributed by atoms with Gasteiger partial charge in [0.2, 0.25) is 5.95 Å². The number of fused-ring (bicyclic) bond motifs is 1. The number of nitrogens with zero attached hydrogens (tertiary/aromatic N) is 3. The number of anilines is 2. The van der Waals surface area contributed by atoms with Gasteiger partial charge >= 0.3 is 0 Å². The first-order valence-electron chi connectivity index (χ1n) is 8.89. The Morgan fingerprint density at radius 1 is 1.14 bits per heavy atom. The van der Waals surface area contributed by atoms with Crippen molar-refractivity contribution in [3.05, 3.63) is 28.4 Å². The van der Waals surface area contributed by atoms with Gasteiger partial charge in [-0.05, 0) is 12.5 Å². The van der Waals surface area contributed by atoms with Gasteiger partial charge in [0, 0.05) is 29.8 Å². The summed E-state index contributed by atoms with van der Waals surface area (Å²) in [6, 6.07) is 3.55. The first kappa shape index (κ1) is 19.8. The molecule has 0 amide bonds. The highest BCUT2D eigenvalue weighted by Gasteiger charge is 2.23. The van der Waals surface area contributed by atoms with E-state index < -0.39 is 0 Å². The molecule has 8 nitrogen and oxygen atoms in total. The largest absolute Gasteiger partial charge is 0.495 e. The summed E-state index contributed by atoms with van der Waals surface area (Å²) in [7, 11) is 3.05.